The Morgan fingerprint density at radius 3 is 3.05 bits per heavy atom. The van der Waals surface area contributed by atoms with E-state index in [0.29, 0.717) is 12.6 Å². The van der Waals surface area contributed by atoms with Crippen LogP contribution in [0.5, 0.6) is 0 Å². The third kappa shape index (κ3) is 3.88. The van der Waals surface area contributed by atoms with E-state index in [1.54, 1.807) is 12.1 Å². The zero-order valence-corrected chi connectivity index (χ0v) is 11.7. The summed E-state index contributed by atoms with van der Waals surface area (Å²) >= 11 is 0. The predicted octanol–water partition coefficient (Wildman–Crippen LogP) is 3.65. The SMILES string of the molecule is C=C(CC)C1CCCCN1NCc1cccc(F)c1. The molecule has 0 aliphatic carbocycles. The quantitative estimate of drug-likeness (QED) is 0.815. The molecule has 0 bridgehead atoms. The van der Waals surface area contributed by atoms with Crippen LogP contribution in [0.2, 0.25) is 0 Å². The summed E-state index contributed by atoms with van der Waals surface area (Å²) in [5.74, 6) is -0.174. The molecule has 0 amide bonds. The van der Waals surface area contributed by atoms with Gasteiger partial charge in [-0.2, -0.15) is 0 Å². The molecule has 1 unspecified atom stereocenters. The van der Waals surface area contributed by atoms with Gasteiger partial charge in [0.2, 0.25) is 0 Å². The highest BCUT2D eigenvalue weighted by Crippen LogP contribution is 2.22. The number of hydrogen-bond donors (Lipinski definition) is 1. The molecule has 0 radical (unpaired) electrons. The summed E-state index contributed by atoms with van der Waals surface area (Å²) in [6, 6.07) is 7.19. The summed E-state index contributed by atoms with van der Waals surface area (Å²) < 4.78 is 13.1. The molecule has 104 valence electrons. The summed E-state index contributed by atoms with van der Waals surface area (Å²) in [7, 11) is 0. The van der Waals surface area contributed by atoms with E-state index < -0.39 is 0 Å². The predicted molar refractivity (Wildman–Crippen MR) is 77.0 cm³/mol. The minimum Gasteiger partial charge on any atom is -0.250 e. The molecule has 0 spiro atoms. The summed E-state index contributed by atoms with van der Waals surface area (Å²) in [6.07, 6.45) is 4.66. The molecule has 2 nitrogen and oxygen atoms in total. The van der Waals surface area contributed by atoms with Crippen molar-refractivity contribution in [3.8, 4) is 0 Å². The van der Waals surface area contributed by atoms with Crippen LogP contribution in [0.1, 0.15) is 38.2 Å². The van der Waals surface area contributed by atoms with Crippen molar-refractivity contribution in [1.82, 2.24) is 10.4 Å². The standard InChI is InChI=1S/C16H23FN2/c1-3-13(2)16-9-4-5-10-19(16)18-12-14-7-6-8-15(17)11-14/h6-8,11,16,18H,2-5,9-10,12H2,1H3. The number of piperidine rings is 1. The number of nitrogens with one attached hydrogen (secondary N) is 1. The Hall–Kier alpha value is -1.19. The minimum atomic E-state index is -0.174. The van der Waals surface area contributed by atoms with Crippen LogP contribution in [0.3, 0.4) is 0 Å². The molecule has 3 heteroatoms. The van der Waals surface area contributed by atoms with E-state index >= 15 is 0 Å². The normalized spacial score (nSPS) is 20.4. The molecule has 1 heterocycles. The third-order valence-electron chi connectivity index (χ3n) is 3.80. The third-order valence-corrected chi connectivity index (χ3v) is 3.80. The second-order valence-electron chi connectivity index (χ2n) is 5.18. The second kappa shape index (κ2) is 6.83. The van der Waals surface area contributed by atoms with Gasteiger partial charge in [-0.05, 0) is 37.0 Å². The van der Waals surface area contributed by atoms with Gasteiger partial charge in [0.05, 0.1) is 0 Å². The largest absolute Gasteiger partial charge is 0.250 e. The van der Waals surface area contributed by atoms with E-state index in [0.717, 1.165) is 18.5 Å². The lowest BCUT2D eigenvalue weighted by molar-refractivity contribution is 0.102. The van der Waals surface area contributed by atoms with Gasteiger partial charge in [-0.1, -0.05) is 37.6 Å². The lowest BCUT2D eigenvalue weighted by atomic mass is 9.96. The Morgan fingerprint density at radius 2 is 2.32 bits per heavy atom. The molecule has 0 saturated carbocycles. The lowest BCUT2D eigenvalue weighted by Gasteiger charge is -2.37. The van der Waals surface area contributed by atoms with E-state index in [9.17, 15) is 4.39 Å². The van der Waals surface area contributed by atoms with Crippen molar-refractivity contribution < 1.29 is 4.39 Å². The van der Waals surface area contributed by atoms with Crippen LogP contribution < -0.4 is 5.43 Å². The average Bonchev–Trinajstić information content (AvgIpc) is 2.45. The molecule has 1 atom stereocenters. The monoisotopic (exact) mass is 262 g/mol. The Labute approximate surface area is 115 Å². The van der Waals surface area contributed by atoms with Crippen molar-refractivity contribution in [2.75, 3.05) is 6.54 Å². The number of halogens is 1. The zero-order valence-electron chi connectivity index (χ0n) is 11.7. The first kappa shape index (κ1) is 14.2. The fourth-order valence-corrected chi connectivity index (χ4v) is 2.62. The van der Waals surface area contributed by atoms with E-state index in [4.69, 9.17) is 0 Å². The highest BCUT2D eigenvalue weighted by atomic mass is 19.1. The fourth-order valence-electron chi connectivity index (χ4n) is 2.62. The van der Waals surface area contributed by atoms with Gasteiger partial charge in [-0.15, -0.1) is 0 Å². The van der Waals surface area contributed by atoms with Crippen LogP contribution in [0.15, 0.2) is 36.4 Å². The van der Waals surface area contributed by atoms with Gasteiger partial charge >= 0.3 is 0 Å². The summed E-state index contributed by atoms with van der Waals surface area (Å²) in [6.45, 7) is 8.04. The first-order valence-electron chi connectivity index (χ1n) is 7.13. The average molecular weight is 262 g/mol. The Balaban J connectivity index is 1.94. The van der Waals surface area contributed by atoms with E-state index in [-0.39, 0.29) is 5.82 Å². The van der Waals surface area contributed by atoms with Crippen LogP contribution in [0.4, 0.5) is 4.39 Å². The molecule has 1 N–H and O–H groups in total. The number of nitrogens with zero attached hydrogens (tertiary/aromatic N) is 1. The highest BCUT2D eigenvalue weighted by molar-refractivity contribution is 5.16. The minimum absolute atomic E-state index is 0.174. The van der Waals surface area contributed by atoms with Crippen LogP contribution in [-0.2, 0) is 6.54 Å². The zero-order chi connectivity index (χ0) is 13.7. The molecule has 2 rings (SSSR count). The van der Waals surface area contributed by atoms with Crippen molar-refractivity contribution in [1.29, 1.82) is 0 Å². The molecular weight excluding hydrogens is 239 g/mol. The van der Waals surface area contributed by atoms with Crippen molar-refractivity contribution in [2.24, 2.45) is 0 Å². The Bertz CT molecular complexity index is 431. The fraction of sp³-hybridized carbons (Fsp3) is 0.500. The van der Waals surface area contributed by atoms with Gasteiger partial charge in [0.15, 0.2) is 0 Å². The van der Waals surface area contributed by atoms with Crippen LogP contribution in [-0.4, -0.2) is 17.6 Å². The molecule has 1 aromatic rings. The summed E-state index contributed by atoms with van der Waals surface area (Å²) in [5, 5.41) is 2.28. The molecular formula is C16H23FN2. The Morgan fingerprint density at radius 1 is 1.47 bits per heavy atom. The smallest absolute Gasteiger partial charge is 0.123 e. The molecule has 1 aliphatic heterocycles. The summed E-state index contributed by atoms with van der Waals surface area (Å²) in [4.78, 5) is 0. The number of rotatable bonds is 5. The molecule has 1 fully saturated rings. The van der Waals surface area contributed by atoms with Crippen LogP contribution >= 0.6 is 0 Å². The maximum absolute atomic E-state index is 13.1. The first-order valence-corrected chi connectivity index (χ1v) is 7.13. The van der Waals surface area contributed by atoms with Gasteiger partial charge in [0, 0.05) is 19.1 Å². The summed E-state index contributed by atoms with van der Waals surface area (Å²) in [5.41, 5.74) is 5.70. The number of hydrogen-bond acceptors (Lipinski definition) is 2. The van der Waals surface area contributed by atoms with Gasteiger partial charge < -0.3 is 0 Å². The first-order chi connectivity index (χ1) is 9.20. The van der Waals surface area contributed by atoms with Crippen molar-refractivity contribution in [3.63, 3.8) is 0 Å². The van der Waals surface area contributed by atoms with Crippen molar-refractivity contribution >= 4 is 0 Å². The molecule has 19 heavy (non-hydrogen) atoms. The lowest BCUT2D eigenvalue weighted by Crippen LogP contribution is -2.48. The number of benzene rings is 1. The van der Waals surface area contributed by atoms with Gasteiger partial charge in [0.25, 0.3) is 0 Å². The topological polar surface area (TPSA) is 15.3 Å². The second-order valence-corrected chi connectivity index (χ2v) is 5.18. The molecule has 0 aromatic heterocycles. The van der Waals surface area contributed by atoms with Gasteiger partial charge in [-0.25, -0.2) is 9.40 Å². The molecule has 1 aromatic carbocycles. The maximum atomic E-state index is 13.1. The molecule has 1 aliphatic rings. The molecule has 1 saturated heterocycles. The van der Waals surface area contributed by atoms with Crippen molar-refractivity contribution in [2.45, 2.75) is 45.2 Å². The van der Waals surface area contributed by atoms with E-state index in [1.807, 2.05) is 6.07 Å². The van der Waals surface area contributed by atoms with E-state index in [1.165, 1.54) is 30.9 Å². The number of hydrazine groups is 1. The van der Waals surface area contributed by atoms with Gasteiger partial charge in [0.1, 0.15) is 5.82 Å². The highest BCUT2D eigenvalue weighted by Gasteiger charge is 2.23. The van der Waals surface area contributed by atoms with E-state index in [2.05, 4.69) is 23.9 Å². The Kier molecular flexibility index (Phi) is 5.11. The maximum Gasteiger partial charge on any atom is 0.123 e. The van der Waals surface area contributed by atoms with Crippen molar-refractivity contribution in [3.05, 3.63) is 47.8 Å². The van der Waals surface area contributed by atoms with Crippen LogP contribution in [0.25, 0.3) is 0 Å². The van der Waals surface area contributed by atoms with Crippen LogP contribution in [0, 0.1) is 5.82 Å². The van der Waals surface area contributed by atoms with Gasteiger partial charge in [-0.3, -0.25) is 5.43 Å².